The number of hydrogen-bond donors (Lipinski definition) is 0. The number of esters is 2. The molecule has 0 fully saturated rings. The van der Waals surface area contributed by atoms with Crippen molar-refractivity contribution in [2.45, 2.75) is 41.5 Å². The van der Waals surface area contributed by atoms with Gasteiger partial charge in [0.1, 0.15) is 11.5 Å². The number of aryl methyl sites for hydroxylation is 6. The summed E-state index contributed by atoms with van der Waals surface area (Å²) in [5.74, 6) is -0.137. The molecule has 4 rings (SSSR count). The number of rotatable bonds is 2. The van der Waals surface area contributed by atoms with E-state index in [9.17, 15) is 9.59 Å². The van der Waals surface area contributed by atoms with Gasteiger partial charge in [-0.1, -0.05) is 35.4 Å². The molecule has 0 unspecified atom stereocenters. The molecule has 0 aliphatic carbocycles. The van der Waals surface area contributed by atoms with Gasteiger partial charge >= 0.3 is 11.9 Å². The Morgan fingerprint density at radius 3 is 1.13 bits per heavy atom. The van der Waals surface area contributed by atoms with Gasteiger partial charge < -0.3 is 9.47 Å². The fourth-order valence-corrected chi connectivity index (χ4v) is 4.51. The van der Waals surface area contributed by atoms with E-state index >= 15 is 0 Å². The SMILES string of the molecule is Cc1cc(C)c(C2=C/C(=C3/C=C(c4c(C)cc(C)cc4C)OC3=O)C(=O)O2)c(C)c1. The van der Waals surface area contributed by atoms with E-state index < -0.39 is 11.9 Å². The van der Waals surface area contributed by atoms with Crippen molar-refractivity contribution in [3.8, 4) is 0 Å². The smallest absolute Gasteiger partial charge is 0.344 e. The van der Waals surface area contributed by atoms with Crippen LogP contribution in [-0.2, 0) is 19.1 Å². The van der Waals surface area contributed by atoms with Crippen molar-refractivity contribution in [3.63, 3.8) is 0 Å². The fourth-order valence-electron chi connectivity index (χ4n) is 4.51. The zero-order valence-electron chi connectivity index (χ0n) is 18.1. The van der Waals surface area contributed by atoms with Crippen molar-refractivity contribution < 1.29 is 19.1 Å². The lowest BCUT2D eigenvalue weighted by Crippen LogP contribution is -2.06. The summed E-state index contributed by atoms with van der Waals surface area (Å²) in [6, 6.07) is 8.19. The molecule has 2 aromatic rings. The monoisotopic (exact) mass is 400 g/mol. The quantitative estimate of drug-likeness (QED) is 0.505. The van der Waals surface area contributed by atoms with Crippen LogP contribution in [0.15, 0.2) is 47.6 Å². The van der Waals surface area contributed by atoms with Crippen molar-refractivity contribution in [2.75, 3.05) is 0 Å². The minimum absolute atomic E-state index is 0.229. The summed E-state index contributed by atoms with van der Waals surface area (Å²) in [5.41, 5.74) is 8.60. The number of carbonyl (C=O) groups excluding carboxylic acids is 2. The Balaban J connectivity index is 1.82. The summed E-state index contributed by atoms with van der Waals surface area (Å²) in [5, 5.41) is 0. The Morgan fingerprint density at radius 1 is 0.533 bits per heavy atom. The van der Waals surface area contributed by atoms with Gasteiger partial charge in [-0.2, -0.15) is 0 Å². The molecule has 0 amide bonds. The van der Waals surface area contributed by atoms with E-state index in [1.165, 1.54) is 0 Å². The highest BCUT2D eigenvalue weighted by molar-refractivity contribution is 6.13. The zero-order chi connectivity index (χ0) is 21.7. The first-order valence-corrected chi connectivity index (χ1v) is 9.94. The van der Waals surface area contributed by atoms with Crippen molar-refractivity contribution in [2.24, 2.45) is 0 Å². The van der Waals surface area contributed by atoms with Crippen LogP contribution in [0, 0.1) is 41.5 Å². The third-order valence-corrected chi connectivity index (χ3v) is 5.53. The first kappa shape index (κ1) is 19.9. The molecule has 0 aromatic heterocycles. The Morgan fingerprint density at radius 2 is 0.833 bits per heavy atom. The van der Waals surface area contributed by atoms with Gasteiger partial charge in [0.25, 0.3) is 0 Å². The van der Waals surface area contributed by atoms with Crippen molar-refractivity contribution in [3.05, 3.63) is 92.1 Å². The maximum Gasteiger partial charge on any atom is 0.344 e. The van der Waals surface area contributed by atoms with Crippen molar-refractivity contribution in [1.29, 1.82) is 0 Å². The Kier molecular flexibility index (Phi) is 4.73. The lowest BCUT2D eigenvalue weighted by Gasteiger charge is -2.11. The molecule has 0 bridgehead atoms. The standard InChI is InChI=1S/C26H24O4/c1-13-7-15(3)23(16(4)8-13)21-11-19(25(27)29-21)20-12-22(30-26(20)28)24-17(5)9-14(2)10-18(24)6/h7-12H,1-6H3/b20-19+. The maximum absolute atomic E-state index is 12.6. The number of benzene rings is 2. The summed E-state index contributed by atoms with van der Waals surface area (Å²) in [4.78, 5) is 25.3. The third kappa shape index (κ3) is 3.28. The van der Waals surface area contributed by atoms with Gasteiger partial charge in [0.05, 0.1) is 11.1 Å². The second kappa shape index (κ2) is 7.13. The minimum atomic E-state index is -0.536. The number of hydrogen-bond acceptors (Lipinski definition) is 4. The predicted octanol–water partition coefficient (Wildman–Crippen LogP) is 5.33. The second-order valence-electron chi connectivity index (χ2n) is 8.17. The number of cyclic esters (lactones) is 2. The van der Waals surface area contributed by atoms with Crippen LogP contribution < -0.4 is 0 Å². The van der Waals surface area contributed by atoms with Crippen molar-refractivity contribution >= 4 is 23.5 Å². The van der Waals surface area contributed by atoms with E-state index in [-0.39, 0.29) is 11.1 Å². The summed E-state index contributed by atoms with van der Waals surface area (Å²) in [6.07, 6.45) is 3.30. The third-order valence-electron chi connectivity index (χ3n) is 5.53. The van der Waals surface area contributed by atoms with Crippen LogP contribution >= 0.6 is 0 Å². The van der Waals surface area contributed by atoms with E-state index in [0.29, 0.717) is 11.5 Å². The number of ether oxygens (including phenoxy) is 2. The molecule has 30 heavy (non-hydrogen) atoms. The average molecular weight is 400 g/mol. The van der Waals surface area contributed by atoms with Crippen LogP contribution in [0.5, 0.6) is 0 Å². The molecule has 2 aromatic carbocycles. The average Bonchev–Trinajstić information content (AvgIpc) is 3.15. The summed E-state index contributed by atoms with van der Waals surface area (Å²) < 4.78 is 11.1. The van der Waals surface area contributed by atoms with Gasteiger partial charge in [0, 0.05) is 11.1 Å². The molecule has 0 atom stereocenters. The lowest BCUT2D eigenvalue weighted by molar-refractivity contribution is -0.133. The van der Waals surface area contributed by atoms with Crippen LogP contribution in [0.1, 0.15) is 44.5 Å². The largest absolute Gasteiger partial charge is 0.422 e. The molecule has 2 aliphatic heterocycles. The normalized spacial score (nSPS) is 18.3. The fraction of sp³-hybridized carbons (Fsp3) is 0.231. The molecule has 0 radical (unpaired) electrons. The first-order valence-electron chi connectivity index (χ1n) is 9.94. The van der Waals surface area contributed by atoms with E-state index in [4.69, 9.17) is 9.47 Å². The molecule has 0 saturated carbocycles. The molecule has 2 heterocycles. The van der Waals surface area contributed by atoms with Crippen molar-refractivity contribution in [1.82, 2.24) is 0 Å². The van der Waals surface area contributed by atoms with E-state index in [2.05, 4.69) is 0 Å². The molecule has 4 nitrogen and oxygen atoms in total. The van der Waals surface area contributed by atoms with Crippen LogP contribution in [0.4, 0.5) is 0 Å². The second-order valence-corrected chi connectivity index (χ2v) is 8.17. The van der Waals surface area contributed by atoms with Gasteiger partial charge in [-0.25, -0.2) is 9.59 Å². The van der Waals surface area contributed by atoms with E-state index in [1.807, 2.05) is 65.8 Å². The predicted molar refractivity (Wildman–Crippen MR) is 116 cm³/mol. The van der Waals surface area contributed by atoms with E-state index in [1.54, 1.807) is 12.2 Å². The molecular formula is C26H24O4. The minimum Gasteiger partial charge on any atom is -0.422 e. The zero-order valence-corrected chi connectivity index (χ0v) is 18.1. The molecule has 0 N–H and O–H groups in total. The first-order chi connectivity index (χ1) is 14.2. The molecule has 0 spiro atoms. The highest BCUT2D eigenvalue weighted by Crippen LogP contribution is 2.37. The van der Waals surface area contributed by atoms with Crippen LogP contribution in [0.2, 0.25) is 0 Å². The van der Waals surface area contributed by atoms with Crippen LogP contribution in [-0.4, -0.2) is 11.9 Å². The highest BCUT2D eigenvalue weighted by Gasteiger charge is 2.33. The molecule has 0 saturated heterocycles. The maximum atomic E-state index is 12.6. The van der Waals surface area contributed by atoms with Gasteiger partial charge in [-0.05, 0) is 75.9 Å². The molecule has 2 aliphatic rings. The van der Waals surface area contributed by atoms with Crippen LogP contribution in [0.3, 0.4) is 0 Å². The Hall–Kier alpha value is -3.40. The highest BCUT2D eigenvalue weighted by atomic mass is 16.5. The topological polar surface area (TPSA) is 52.6 Å². The summed E-state index contributed by atoms with van der Waals surface area (Å²) in [7, 11) is 0. The molecule has 4 heteroatoms. The van der Waals surface area contributed by atoms with E-state index in [0.717, 1.165) is 44.5 Å². The summed E-state index contributed by atoms with van der Waals surface area (Å²) >= 11 is 0. The van der Waals surface area contributed by atoms with Gasteiger partial charge in [-0.15, -0.1) is 0 Å². The van der Waals surface area contributed by atoms with Gasteiger partial charge in [0.2, 0.25) is 0 Å². The van der Waals surface area contributed by atoms with Gasteiger partial charge in [-0.3, -0.25) is 0 Å². The van der Waals surface area contributed by atoms with Gasteiger partial charge in [0.15, 0.2) is 0 Å². The molecule has 152 valence electrons. The van der Waals surface area contributed by atoms with Crippen LogP contribution in [0.25, 0.3) is 11.5 Å². The Labute approximate surface area is 176 Å². The lowest BCUT2D eigenvalue weighted by atomic mass is 9.97. The molecular weight excluding hydrogens is 376 g/mol. The summed E-state index contributed by atoms with van der Waals surface area (Å²) in [6.45, 7) is 12.0. The Bertz CT molecular complexity index is 1080. The number of carbonyl (C=O) groups is 2.